The first-order valence-electron chi connectivity index (χ1n) is 12.0. The monoisotopic (exact) mass is 457 g/mol. The van der Waals surface area contributed by atoms with E-state index >= 15 is 0 Å². The second-order valence-corrected chi connectivity index (χ2v) is 10.6. The fraction of sp³-hybridized carbons (Fsp3) is 0.429. The first-order valence-corrected chi connectivity index (χ1v) is 12.0. The van der Waals surface area contributed by atoms with Crippen LogP contribution in [0.25, 0.3) is 22.0 Å². The summed E-state index contributed by atoms with van der Waals surface area (Å²) in [6.07, 6.45) is 4.81. The van der Waals surface area contributed by atoms with Crippen molar-refractivity contribution in [3.8, 4) is 17.2 Å². The van der Waals surface area contributed by atoms with Gasteiger partial charge in [0.1, 0.15) is 5.60 Å². The highest BCUT2D eigenvalue weighted by atomic mass is 16.6. The van der Waals surface area contributed by atoms with E-state index in [1.54, 1.807) is 4.90 Å². The Morgan fingerprint density at radius 2 is 2.00 bits per heavy atom. The van der Waals surface area contributed by atoms with Crippen molar-refractivity contribution < 1.29 is 14.6 Å². The first-order chi connectivity index (χ1) is 16.2. The third-order valence-electron chi connectivity index (χ3n) is 7.00. The van der Waals surface area contributed by atoms with E-state index in [-0.39, 0.29) is 18.2 Å². The Morgan fingerprint density at radius 1 is 1.21 bits per heavy atom. The van der Waals surface area contributed by atoms with Gasteiger partial charge in [0.25, 0.3) is 0 Å². The topological polar surface area (TPSA) is 78.5 Å². The van der Waals surface area contributed by atoms with Crippen LogP contribution in [-0.4, -0.2) is 34.0 Å². The van der Waals surface area contributed by atoms with Gasteiger partial charge < -0.3 is 14.4 Å². The van der Waals surface area contributed by atoms with Crippen molar-refractivity contribution in [1.82, 2.24) is 4.57 Å². The van der Waals surface area contributed by atoms with Crippen LogP contribution in [0.2, 0.25) is 0 Å². The fourth-order valence-corrected chi connectivity index (χ4v) is 5.42. The van der Waals surface area contributed by atoms with E-state index in [1.165, 1.54) is 0 Å². The van der Waals surface area contributed by atoms with Crippen LogP contribution < -0.4 is 4.90 Å². The summed E-state index contributed by atoms with van der Waals surface area (Å²) < 4.78 is 7.93. The van der Waals surface area contributed by atoms with Crippen molar-refractivity contribution in [3.05, 3.63) is 53.2 Å². The lowest BCUT2D eigenvalue weighted by atomic mass is 9.96. The summed E-state index contributed by atoms with van der Waals surface area (Å²) in [6.45, 7) is 8.18. The van der Waals surface area contributed by atoms with Gasteiger partial charge >= 0.3 is 6.09 Å². The number of hydrogen-bond acceptors (Lipinski definition) is 4. The zero-order valence-electron chi connectivity index (χ0n) is 20.3. The maximum Gasteiger partial charge on any atom is 0.414 e. The van der Waals surface area contributed by atoms with Crippen LogP contribution in [0.15, 0.2) is 36.5 Å². The standard InChI is InChI=1S/C28H31N3O3/c1-17-12-26-23(13-18(17)15-29)24(16-31(26)19-8-9-20(32)14-19)21-6-5-7-25-22(21)10-11-30(25)27(33)34-28(2,3)4/h5-7,12-13,16,19-20,32H,8-11,14H2,1-4H3/t19-,20-/m1/s1. The molecule has 1 aliphatic heterocycles. The number of ether oxygens (including phenoxy) is 1. The molecule has 6 nitrogen and oxygen atoms in total. The van der Waals surface area contributed by atoms with Crippen molar-refractivity contribution >= 4 is 22.7 Å². The summed E-state index contributed by atoms with van der Waals surface area (Å²) in [7, 11) is 0. The summed E-state index contributed by atoms with van der Waals surface area (Å²) in [4.78, 5) is 14.6. The number of rotatable bonds is 2. The van der Waals surface area contributed by atoms with Crippen LogP contribution in [-0.2, 0) is 11.2 Å². The van der Waals surface area contributed by atoms with Gasteiger partial charge in [-0.05, 0) is 88.3 Å². The van der Waals surface area contributed by atoms with E-state index in [1.807, 2.05) is 45.9 Å². The summed E-state index contributed by atoms with van der Waals surface area (Å²) in [5.74, 6) is 0. The SMILES string of the molecule is Cc1cc2c(cc1C#N)c(-c1cccc3c1CCN3C(=O)OC(C)(C)C)cn2[C@@H]1CC[C@@H](O)C1. The van der Waals surface area contributed by atoms with Gasteiger partial charge in [-0.3, -0.25) is 4.90 Å². The van der Waals surface area contributed by atoms with Crippen LogP contribution in [0.1, 0.15) is 62.8 Å². The molecule has 3 aromatic rings. The predicted octanol–water partition coefficient (Wildman–Crippen LogP) is 5.87. The fourth-order valence-electron chi connectivity index (χ4n) is 5.42. The number of nitrogens with zero attached hydrogens (tertiary/aromatic N) is 3. The number of aliphatic hydroxyl groups excluding tert-OH is 1. The van der Waals surface area contributed by atoms with E-state index in [9.17, 15) is 15.2 Å². The maximum atomic E-state index is 12.9. The lowest BCUT2D eigenvalue weighted by Crippen LogP contribution is -2.35. The lowest BCUT2D eigenvalue weighted by molar-refractivity contribution is 0.0584. The Morgan fingerprint density at radius 3 is 2.68 bits per heavy atom. The molecule has 0 spiro atoms. The van der Waals surface area contributed by atoms with Crippen LogP contribution in [0.3, 0.4) is 0 Å². The van der Waals surface area contributed by atoms with E-state index < -0.39 is 5.60 Å². The number of carbonyl (C=O) groups is 1. The Kier molecular flexibility index (Phi) is 5.41. The second-order valence-electron chi connectivity index (χ2n) is 10.6. The van der Waals surface area contributed by atoms with Crippen LogP contribution in [0.5, 0.6) is 0 Å². The number of carbonyl (C=O) groups excluding carboxylic acids is 1. The minimum Gasteiger partial charge on any atom is -0.443 e. The predicted molar refractivity (Wildman–Crippen MR) is 133 cm³/mol. The molecule has 2 heterocycles. The molecule has 0 radical (unpaired) electrons. The molecule has 1 saturated carbocycles. The zero-order chi connectivity index (χ0) is 24.2. The van der Waals surface area contributed by atoms with Gasteiger partial charge in [0.15, 0.2) is 0 Å². The molecule has 1 amide bonds. The molecule has 1 aliphatic carbocycles. The van der Waals surface area contributed by atoms with Crippen LogP contribution in [0, 0.1) is 18.3 Å². The van der Waals surface area contributed by atoms with Crippen molar-refractivity contribution in [2.75, 3.05) is 11.4 Å². The van der Waals surface area contributed by atoms with E-state index in [2.05, 4.69) is 29.0 Å². The van der Waals surface area contributed by atoms with Gasteiger partial charge in [-0.1, -0.05) is 12.1 Å². The van der Waals surface area contributed by atoms with E-state index in [0.29, 0.717) is 12.1 Å². The van der Waals surface area contributed by atoms with Gasteiger partial charge in [-0.25, -0.2) is 4.79 Å². The Hall–Kier alpha value is -3.30. The Balaban J connectivity index is 1.65. The molecule has 6 heteroatoms. The molecular formula is C28H31N3O3. The first kappa shape index (κ1) is 22.5. The second kappa shape index (κ2) is 8.18. The number of benzene rings is 2. The average molecular weight is 458 g/mol. The van der Waals surface area contributed by atoms with Gasteiger partial charge in [0.2, 0.25) is 0 Å². The molecule has 2 aliphatic rings. The summed E-state index contributed by atoms with van der Waals surface area (Å²) in [5, 5.41) is 20.9. The molecule has 1 fully saturated rings. The van der Waals surface area contributed by atoms with Crippen molar-refractivity contribution in [3.63, 3.8) is 0 Å². The quantitative estimate of drug-likeness (QED) is 0.522. The minimum absolute atomic E-state index is 0.230. The molecule has 34 heavy (non-hydrogen) atoms. The Bertz CT molecular complexity index is 1330. The molecule has 2 atom stereocenters. The highest BCUT2D eigenvalue weighted by Gasteiger charge is 2.32. The number of nitriles is 1. The molecule has 1 aromatic heterocycles. The molecule has 176 valence electrons. The third-order valence-corrected chi connectivity index (χ3v) is 7.00. The number of aromatic nitrogens is 1. The van der Waals surface area contributed by atoms with Crippen molar-refractivity contribution in [2.24, 2.45) is 0 Å². The molecule has 0 unspecified atom stereocenters. The number of aliphatic hydroxyl groups is 1. The normalized spacial score (nSPS) is 19.9. The lowest BCUT2D eigenvalue weighted by Gasteiger charge is -2.25. The third kappa shape index (κ3) is 3.84. The molecule has 5 rings (SSSR count). The molecule has 2 aromatic carbocycles. The highest BCUT2D eigenvalue weighted by Crippen LogP contribution is 2.43. The molecule has 0 bridgehead atoms. The average Bonchev–Trinajstić information content (AvgIpc) is 3.48. The number of amides is 1. The molecule has 0 saturated heterocycles. The smallest absolute Gasteiger partial charge is 0.414 e. The number of fused-ring (bicyclic) bond motifs is 2. The molecular weight excluding hydrogens is 426 g/mol. The summed E-state index contributed by atoms with van der Waals surface area (Å²) in [6, 6.07) is 12.7. The maximum absolute atomic E-state index is 12.9. The van der Waals surface area contributed by atoms with Gasteiger partial charge in [-0.2, -0.15) is 5.26 Å². The van der Waals surface area contributed by atoms with Crippen LogP contribution in [0.4, 0.5) is 10.5 Å². The number of hydrogen-bond donors (Lipinski definition) is 1. The van der Waals surface area contributed by atoms with Crippen molar-refractivity contribution in [1.29, 1.82) is 5.26 Å². The van der Waals surface area contributed by atoms with Crippen molar-refractivity contribution in [2.45, 2.75) is 71.1 Å². The minimum atomic E-state index is -0.553. The van der Waals surface area contributed by atoms with Gasteiger partial charge in [0.05, 0.1) is 23.4 Å². The largest absolute Gasteiger partial charge is 0.443 e. The molecule has 1 N–H and O–H groups in total. The summed E-state index contributed by atoms with van der Waals surface area (Å²) >= 11 is 0. The van der Waals surface area contributed by atoms with E-state index in [0.717, 1.165) is 64.5 Å². The summed E-state index contributed by atoms with van der Waals surface area (Å²) in [5.41, 5.74) is 6.31. The van der Waals surface area contributed by atoms with Gasteiger partial charge in [-0.15, -0.1) is 0 Å². The van der Waals surface area contributed by atoms with Gasteiger partial charge in [0, 0.05) is 35.2 Å². The highest BCUT2D eigenvalue weighted by molar-refractivity contribution is 6.01. The number of aryl methyl sites for hydroxylation is 1. The van der Waals surface area contributed by atoms with Crippen LogP contribution >= 0.6 is 0 Å². The zero-order valence-corrected chi connectivity index (χ0v) is 20.3. The Labute approximate surface area is 200 Å². The number of anilines is 1. The van der Waals surface area contributed by atoms with E-state index in [4.69, 9.17) is 4.74 Å².